The van der Waals surface area contributed by atoms with Gasteiger partial charge in [-0.2, -0.15) is 0 Å². The molecule has 0 radical (unpaired) electrons. The van der Waals surface area contributed by atoms with Gasteiger partial charge in [-0.1, -0.05) is 115 Å². The van der Waals surface area contributed by atoms with Crippen LogP contribution in [0.2, 0.25) is 0 Å². The van der Waals surface area contributed by atoms with Gasteiger partial charge in [0.2, 0.25) is 0 Å². The van der Waals surface area contributed by atoms with Crippen LogP contribution in [0.1, 0.15) is 22.3 Å². The van der Waals surface area contributed by atoms with E-state index in [1.165, 1.54) is 0 Å². The van der Waals surface area contributed by atoms with Gasteiger partial charge in [0.1, 0.15) is 11.8 Å². The number of anilines is 1. The molecule has 2 nitrogen and oxygen atoms in total. The number of para-hydroxylation sites is 1. The fourth-order valence-electron chi connectivity index (χ4n) is 4.16. The summed E-state index contributed by atoms with van der Waals surface area (Å²) in [6.45, 7) is 0. The van der Waals surface area contributed by atoms with E-state index in [-0.39, 0.29) is 6.23 Å². The Hall–Kier alpha value is -3.62. The minimum Gasteiger partial charge on any atom is -0.356 e. The molecule has 1 heterocycles. The minimum absolute atomic E-state index is 0.277. The van der Waals surface area contributed by atoms with Crippen LogP contribution in [-0.2, 0) is 10.3 Å². The molecule has 146 valence electrons. The summed E-state index contributed by atoms with van der Waals surface area (Å²) in [7, 11) is 0. The average Bonchev–Trinajstić information content (AvgIpc) is 2.84. The van der Waals surface area contributed by atoms with Gasteiger partial charge in [0, 0.05) is 11.3 Å². The predicted octanol–water partition coefficient (Wildman–Crippen LogP) is 6.46. The molecule has 0 aliphatic carbocycles. The zero-order valence-electron chi connectivity index (χ0n) is 16.6. The first-order valence-corrected chi connectivity index (χ1v) is 10.2. The topological polar surface area (TPSA) is 21.3 Å². The van der Waals surface area contributed by atoms with Gasteiger partial charge in [-0.3, -0.25) is 0 Å². The molecular weight excluding hydrogens is 366 g/mol. The summed E-state index contributed by atoms with van der Waals surface area (Å²) in [5.41, 5.74) is 4.88. The second-order valence-corrected chi connectivity index (χ2v) is 7.41. The average molecular weight is 389 g/mol. The molecule has 0 saturated carbocycles. The molecule has 0 bridgehead atoms. The molecule has 1 atom stereocenters. The van der Waals surface area contributed by atoms with E-state index in [0.717, 1.165) is 27.9 Å². The Morgan fingerprint density at radius 2 is 1.17 bits per heavy atom. The highest BCUT2D eigenvalue weighted by atomic mass is 16.5. The summed E-state index contributed by atoms with van der Waals surface area (Å²) in [6.07, 6.45) is 3.92. The maximum absolute atomic E-state index is 6.90. The SMILES string of the molecule is C(=C\[C@H]1Nc2ccccc2C(c2ccccc2)(c2ccccc2)O1)/c1ccccc1. The number of hydrogen-bond donors (Lipinski definition) is 1. The highest BCUT2D eigenvalue weighted by molar-refractivity contribution is 5.64. The van der Waals surface area contributed by atoms with E-state index in [0.29, 0.717) is 0 Å². The number of ether oxygens (including phenoxy) is 1. The van der Waals surface area contributed by atoms with Gasteiger partial charge in [-0.15, -0.1) is 0 Å². The van der Waals surface area contributed by atoms with Crippen LogP contribution in [0.25, 0.3) is 6.08 Å². The standard InChI is InChI=1S/C28H23NO/c1-4-12-22(13-5-1)20-21-27-29-26-19-11-10-18-25(26)28(30-27,23-14-6-2-7-15-23)24-16-8-3-9-17-24/h1-21,27,29H/b21-20+/t27-/m0/s1. The van der Waals surface area contributed by atoms with E-state index in [9.17, 15) is 0 Å². The number of hydrogen-bond acceptors (Lipinski definition) is 2. The smallest absolute Gasteiger partial charge is 0.149 e. The van der Waals surface area contributed by atoms with Gasteiger partial charge < -0.3 is 10.1 Å². The van der Waals surface area contributed by atoms with Crippen molar-refractivity contribution in [3.63, 3.8) is 0 Å². The van der Waals surface area contributed by atoms with E-state index >= 15 is 0 Å². The lowest BCUT2D eigenvalue weighted by atomic mass is 9.78. The summed E-state index contributed by atoms with van der Waals surface area (Å²) in [4.78, 5) is 0. The van der Waals surface area contributed by atoms with Crippen LogP contribution in [0.15, 0.2) is 121 Å². The van der Waals surface area contributed by atoms with Crippen LogP contribution in [-0.4, -0.2) is 6.23 Å². The Balaban J connectivity index is 1.67. The molecule has 0 amide bonds. The molecule has 0 saturated heterocycles. The fraction of sp³-hybridized carbons (Fsp3) is 0.0714. The number of rotatable bonds is 4. The number of fused-ring (bicyclic) bond motifs is 1. The van der Waals surface area contributed by atoms with Crippen molar-refractivity contribution in [1.82, 2.24) is 0 Å². The molecule has 0 unspecified atom stereocenters. The van der Waals surface area contributed by atoms with Crippen molar-refractivity contribution in [3.8, 4) is 0 Å². The minimum atomic E-state index is -0.698. The first kappa shape index (κ1) is 18.4. The van der Waals surface area contributed by atoms with Crippen molar-refractivity contribution >= 4 is 11.8 Å². The van der Waals surface area contributed by atoms with Gasteiger partial charge in [0.15, 0.2) is 0 Å². The lowest BCUT2D eigenvalue weighted by molar-refractivity contribution is -0.0188. The Morgan fingerprint density at radius 3 is 1.80 bits per heavy atom. The third kappa shape index (κ3) is 3.32. The second kappa shape index (κ2) is 8.02. The molecular formula is C28H23NO. The first-order chi connectivity index (χ1) is 14.9. The van der Waals surface area contributed by atoms with E-state index in [1.54, 1.807) is 0 Å². The molecule has 1 aliphatic rings. The maximum Gasteiger partial charge on any atom is 0.149 e. The normalized spacial score (nSPS) is 17.3. The molecule has 5 rings (SSSR count). The molecule has 2 heteroatoms. The predicted molar refractivity (Wildman–Crippen MR) is 123 cm³/mol. The van der Waals surface area contributed by atoms with Crippen molar-refractivity contribution in [2.24, 2.45) is 0 Å². The third-order valence-corrected chi connectivity index (χ3v) is 5.53. The zero-order chi connectivity index (χ0) is 20.2. The quantitative estimate of drug-likeness (QED) is 0.432. The molecule has 1 N–H and O–H groups in total. The summed E-state index contributed by atoms with van der Waals surface area (Å²) >= 11 is 0. The number of nitrogens with one attached hydrogen (secondary N) is 1. The Morgan fingerprint density at radius 1 is 0.633 bits per heavy atom. The van der Waals surface area contributed by atoms with E-state index in [1.807, 2.05) is 30.3 Å². The van der Waals surface area contributed by atoms with Crippen LogP contribution in [0.5, 0.6) is 0 Å². The van der Waals surface area contributed by atoms with Gasteiger partial charge in [-0.25, -0.2) is 0 Å². The lowest BCUT2D eigenvalue weighted by Crippen LogP contribution is -2.43. The highest BCUT2D eigenvalue weighted by Crippen LogP contribution is 2.47. The molecule has 4 aromatic rings. The molecule has 4 aromatic carbocycles. The van der Waals surface area contributed by atoms with Gasteiger partial charge >= 0.3 is 0 Å². The fourth-order valence-corrected chi connectivity index (χ4v) is 4.16. The van der Waals surface area contributed by atoms with Crippen molar-refractivity contribution in [3.05, 3.63) is 144 Å². The second-order valence-electron chi connectivity index (χ2n) is 7.41. The largest absolute Gasteiger partial charge is 0.356 e. The van der Waals surface area contributed by atoms with Crippen LogP contribution in [0.4, 0.5) is 5.69 Å². The van der Waals surface area contributed by atoms with E-state index in [2.05, 4.69) is 102 Å². The van der Waals surface area contributed by atoms with Crippen LogP contribution in [0, 0.1) is 0 Å². The number of benzene rings is 4. The van der Waals surface area contributed by atoms with E-state index in [4.69, 9.17) is 4.74 Å². The van der Waals surface area contributed by atoms with Crippen LogP contribution >= 0.6 is 0 Å². The van der Waals surface area contributed by atoms with Crippen molar-refractivity contribution in [1.29, 1.82) is 0 Å². The Bertz CT molecular complexity index is 1100. The van der Waals surface area contributed by atoms with Gasteiger partial charge in [0.25, 0.3) is 0 Å². The Kier molecular flexibility index (Phi) is 4.92. The van der Waals surface area contributed by atoms with Crippen molar-refractivity contribution in [2.45, 2.75) is 11.8 Å². The zero-order valence-corrected chi connectivity index (χ0v) is 16.6. The summed E-state index contributed by atoms with van der Waals surface area (Å²) in [5.74, 6) is 0. The molecule has 1 aliphatic heterocycles. The van der Waals surface area contributed by atoms with Gasteiger partial charge in [0.05, 0.1) is 0 Å². The summed E-state index contributed by atoms with van der Waals surface area (Å²) in [6, 6.07) is 39.7. The van der Waals surface area contributed by atoms with Crippen LogP contribution in [0.3, 0.4) is 0 Å². The molecule has 0 fully saturated rings. The highest BCUT2D eigenvalue weighted by Gasteiger charge is 2.43. The van der Waals surface area contributed by atoms with Crippen LogP contribution < -0.4 is 5.32 Å². The first-order valence-electron chi connectivity index (χ1n) is 10.2. The maximum atomic E-state index is 6.90. The Labute approximate surface area is 177 Å². The van der Waals surface area contributed by atoms with E-state index < -0.39 is 5.60 Å². The summed E-state index contributed by atoms with van der Waals surface area (Å²) < 4.78 is 6.90. The van der Waals surface area contributed by atoms with Gasteiger partial charge in [-0.05, 0) is 28.8 Å². The van der Waals surface area contributed by atoms with Crippen molar-refractivity contribution < 1.29 is 4.74 Å². The third-order valence-electron chi connectivity index (χ3n) is 5.53. The molecule has 0 spiro atoms. The lowest BCUT2D eigenvalue weighted by Gasteiger charge is -2.43. The monoisotopic (exact) mass is 389 g/mol. The summed E-state index contributed by atoms with van der Waals surface area (Å²) in [5, 5.41) is 3.55. The molecule has 30 heavy (non-hydrogen) atoms. The molecule has 0 aromatic heterocycles. The van der Waals surface area contributed by atoms with Crippen molar-refractivity contribution in [2.75, 3.05) is 5.32 Å².